The minimum atomic E-state index is -0.570. The van der Waals surface area contributed by atoms with Gasteiger partial charge in [0.1, 0.15) is 0 Å². The molecular formula is C16H15BrClNO. The van der Waals surface area contributed by atoms with Gasteiger partial charge in [-0.1, -0.05) is 33.6 Å². The third kappa shape index (κ3) is 2.76. The molecule has 0 aliphatic heterocycles. The molecule has 0 bridgehead atoms. The van der Waals surface area contributed by atoms with E-state index in [9.17, 15) is 5.11 Å². The smallest absolute Gasteiger partial charge is 0.0874 e. The first kappa shape index (κ1) is 14.1. The third-order valence-corrected chi connectivity index (χ3v) is 4.52. The van der Waals surface area contributed by atoms with Gasteiger partial charge in [0.25, 0.3) is 0 Å². The lowest BCUT2D eigenvalue weighted by Crippen LogP contribution is -2.18. The van der Waals surface area contributed by atoms with E-state index in [2.05, 4.69) is 27.0 Å². The highest BCUT2D eigenvalue weighted by atomic mass is 79.9. The lowest BCUT2D eigenvalue weighted by molar-refractivity contribution is 0.134. The highest BCUT2D eigenvalue weighted by molar-refractivity contribution is 9.10. The Balaban J connectivity index is 1.97. The van der Waals surface area contributed by atoms with Crippen molar-refractivity contribution in [3.63, 3.8) is 0 Å². The summed E-state index contributed by atoms with van der Waals surface area (Å²) in [5.74, 6) is 0.0466. The van der Waals surface area contributed by atoms with Gasteiger partial charge in [0, 0.05) is 27.3 Å². The first-order valence-corrected chi connectivity index (χ1v) is 7.90. The Hall–Kier alpha value is -0.900. The Morgan fingerprint density at radius 1 is 1.35 bits per heavy atom. The average molecular weight is 353 g/mol. The van der Waals surface area contributed by atoms with Crippen LogP contribution in [0.2, 0.25) is 5.02 Å². The Bertz CT molecular complexity index is 611. The second kappa shape index (κ2) is 5.84. The molecule has 1 heterocycles. The Morgan fingerprint density at radius 3 is 3.00 bits per heavy atom. The van der Waals surface area contributed by atoms with E-state index in [0.29, 0.717) is 5.02 Å². The van der Waals surface area contributed by atoms with Crippen molar-refractivity contribution in [3.8, 4) is 0 Å². The number of aliphatic hydroxyl groups excluding tert-OH is 1. The number of aryl methyl sites for hydroxylation is 1. The van der Waals surface area contributed by atoms with Crippen LogP contribution in [0.3, 0.4) is 0 Å². The molecule has 0 radical (unpaired) electrons. The predicted octanol–water partition coefficient (Wildman–Crippen LogP) is 4.65. The molecule has 2 atom stereocenters. The molecule has 2 aromatic rings. The van der Waals surface area contributed by atoms with Crippen LogP contribution in [-0.4, -0.2) is 10.1 Å². The van der Waals surface area contributed by atoms with Gasteiger partial charge in [-0.3, -0.25) is 4.98 Å². The van der Waals surface area contributed by atoms with Crippen LogP contribution < -0.4 is 0 Å². The minimum Gasteiger partial charge on any atom is -0.388 e. The van der Waals surface area contributed by atoms with Crippen molar-refractivity contribution in [3.05, 3.63) is 62.8 Å². The summed E-state index contributed by atoms with van der Waals surface area (Å²) in [7, 11) is 0. The maximum absolute atomic E-state index is 10.7. The van der Waals surface area contributed by atoms with Crippen LogP contribution in [0.4, 0.5) is 0 Å². The van der Waals surface area contributed by atoms with E-state index in [-0.39, 0.29) is 5.92 Å². The van der Waals surface area contributed by atoms with E-state index in [0.717, 1.165) is 35.0 Å². The third-order valence-electron chi connectivity index (χ3n) is 3.85. The molecule has 3 rings (SSSR count). The normalized spacial score (nSPS) is 19.4. The number of hydrogen-bond donors (Lipinski definition) is 1. The molecule has 0 spiro atoms. The van der Waals surface area contributed by atoms with Crippen molar-refractivity contribution in [1.82, 2.24) is 4.98 Å². The van der Waals surface area contributed by atoms with E-state index in [1.807, 2.05) is 24.3 Å². The maximum Gasteiger partial charge on any atom is 0.0874 e. The topological polar surface area (TPSA) is 33.1 Å². The van der Waals surface area contributed by atoms with Crippen LogP contribution >= 0.6 is 27.5 Å². The summed E-state index contributed by atoms with van der Waals surface area (Å²) in [6.07, 6.45) is 4.32. The Morgan fingerprint density at radius 2 is 2.20 bits per heavy atom. The van der Waals surface area contributed by atoms with Crippen LogP contribution in [0.1, 0.15) is 41.7 Å². The molecule has 1 aromatic heterocycles. The lowest BCUT2D eigenvalue weighted by Gasteiger charge is -2.28. The summed E-state index contributed by atoms with van der Waals surface area (Å²) in [4.78, 5) is 4.49. The fourth-order valence-electron chi connectivity index (χ4n) is 2.93. The summed E-state index contributed by atoms with van der Waals surface area (Å²) in [5, 5.41) is 11.4. The molecule has 1 N–H and O–H groups in total. The van der Waals surface area contributed by atoms with Crippen molar-refractivity contribution >= 4 is 27.5 Å². The zero-order chi connectivity index (χ0) is 14.1. The van der Waals surface area contributed by atoms with E-state index in [4.69, 9.17) is 11.6 Å². The number of aliphatic hydroxyl groups is 1. The van der Waals surface area contributed by atoms with E-state index in [1.54, 1.807) is 6.20 Å². The second-order valence-electron chi connectivity index (χ2n) is 5.19. The second-order valence-corrected chi connectivity index (χ2v) is 6.55. The van der Waals surface area contributed by atoms with E-state index < -0.39 is 6.10 Å². The molecule has 104 valence electrons. The molecule has 4 heteroatoms. The van der Waals surface area contributed by atoms with Gasteiger partial charge in [-0.2, -0.15) is 0 Å². The van der Waals surface area contributed by atoms with E-state index >= 15 is 0 Å². The molecule has 2 unspecified atom stereocenters. The largest absolute Gasteiger partial charge is 0.388 e. The molecular weight excluding hydrogens is 338 g/mol. The summed E-state index contributed by atoms with van der Waals surface area (Å²) < 4.78 is 0.885. The molecule has 1 aliphatic rings. The first-order valence-electron chi connectivity index (χ1n) is 6.73. The summed E-state index contributed by atoms with van der Waals surface area (Å²) in [6.45, 7) is 0. The highest BCUT2D eigenvalue weighted by Gasteiger charge is 2.29. The summed E-state index contributed by atoms with van der Waals surface area (Å²) >= 11 is 9.50. The van der Waals surface area contributed by atoms with Crippen molar-refractivity contribution in [2.24, 2.45) is 0 Å². The van der Waals surface area contributed by atoms with Crippen LogP contribution in [0, 0.1) is 0 Å². The van der Waals surface area contributed by atoms with Crippen LogP contribution in [0.25, 0.3) is 0 Å². The fourth-order valence-corrected chi connectivity index (χ4v) is 3.82. The predicted molar refractivity (Wildman–Crippen MR) is 84.0 cm³/mol. The molecule has 1 aliphatic carbocycles. The fraction of sp³-hybridized carbons (Fsp3) is 0.312. The minimum absolute atomic E-state index is 0.0466. The van der Waals surface area contributed by atoms with Gasteiger partial charge in [-0.25, -0.2) is 0 Å². The van der Waals surface area contributed by atoms with Gasteiger partial charge in [0.2, 0.25) is 0 Å². The number of aromatic nitrogens is 1. The number of rotatable bonds is 2. The van der Waals surface area contributed by atoms with Crippen LogP contribution in [0.5, 0.6) is 0 Å². The number of fused-ring (bicyclic) bond motifs is 1. The zero-order valence-electron chi connectivity index (χ0n) is 10.9. The number of benzene rings is 1. The molecule has 1 aromatic carbocycles. The maximum atomic E-state index is 10.7. The summed E-state index contributed by atoms with van der Waals surface area (Å²) in [6, 6.07) is 9.64. The number of pyridine rings is 1. The molecule has 0 amide bonds. The van der Waals surface area contributed by atoms with Crippen LogP contribution in [-0.2, 0) is 6.42 Å². The monoisotopic (exact) mass is 351 g/mol. The summed E-state index contributed by atoms with van der Waals surface area (Å²) in [5.41, 5.74) is 3.12. The van der Waals surface area contributed by atoms with Crippen LogP contribution in [0.15, 0.2) is 41.0 Å². The van der Waals surface area contributed by atoms with Gasteiger partial charge in [0.05, 0.1) is 6.10 Å². The Kier molecular flexibility index (Phi) is 4.11. The molecule has 20 heavy (non-hydrogen) atoms. The van der Waals surface area contributed by atoms with Gasteiger partial charge >= 0.3 is 0 Å². The van der Waals surface area contributed by atoms with Gasteiger partial charge in [-0.15, -0.1) is 0 Å². The number of halogens is 2. The lowest BCUT2D eigenvalue weighted by atomic mass is 9.81. The van der Waals surface area contributed by atoms with E-state index in [1.165, 1.54) is 5.56 Å². The first-order chi connectivity index (χ1) is 9.65. The van der Waals surface area contributed by atoms with Gasteiger partial charge in [0.15, 0.2) is 0 Å². The number of nitrogens with zero attached hydrogens (tertiary/aromatic N) is 1. The molecule has 2 nitrogen and oxygen atoms in total. The van der Waals surface area contributed by atoms with Crippen molar-refractivity contribution in [1.29, 1.82) is 0 Å². The Labute approximate surface area is 131 Å². The van der Waals surface area contributed by atoms with Crippen molar-refractivity contribution in [2.75, 3.05) is 0 Å². The van der Waals surface area contributed by atoms with Crippen molar-refractivity contribution in [2.45, 2.75) is 31.3 Å². The zero-order valence-corrected chi connectivity index (χ0v) is 13.2. The average Bonchev–Trinajstić information content (AvgIpc) is 2.45. The highest BCUT2D eigenvalue weighted by Crippen LogP contribution is 2.40. The van der Waals surface area contributed by atoms with Gasteiger partial charge in [-0.05, 0) is 54.7 Å². The number of hydrogen-bond acceptors (Lipinski definition) is 2. The molecule has 0 saturated heterocycles. The van der Waals surface area contributed by atoms with Crippen molar-refractivity contribution < 1.29 is 5.11 Å². The molecule has 0 fully saturated rings. The quantitative estimate of drug-likeness (QED) is 0.853. The SMILES string of the molecule is OC(c1cc(Cl)cc(Br)c1)C1CCCc2cccnc21. The van der Waals surface area contributed by atoms with Gasteiger partial charge < -0.3 is 5.11 Å². The standard InChI is InChI=1S/C16H15BrClNO/c17-12-7-11(8-13(18)9-12)16(20)14-5-1-3-10-4-2-6-19-15(10)14/h2,4,6-9,14,16,20H,1,3,5H2. The molecule has 0 saturated carbocycles.